The summed E-state index contributed by atoms with van der Waals surface area (Å²) in [6, 6.07) is 12.4. The number of rotatable bonds is 9. The van der Waals surface area contributed by atoms with Crippen molar-refractivity contribution in [3.8, 4) is 5.75 Å². The van der Waals surface area contributed by atoms with Gasteiger partial charge in [-0.05, 0) is 60.0 Å². The maximum Gasteiger partial charge on any atom is 0.343 e. The van der Waals surface area contributed by atoms with E-state index in [1.165, 1.54) is 13.3 Å². The lowest BCUT2D eigenvalue weighted by Crippen LogP contribution is -2.48. The van der Waals surface area contributed by atoms with Crippen molar-refractivity contribution in [1.29, 1.82) is 0 Å². The summed E-state index contributed by atoms with van der Waals surface area (Å²) < 4.78 is 9.76. The third kappa shape index (κ3) is 7.75. The summed E-state index contributed by atoms with van der Waals surface area (Å²) in [5.74, 6) is -0.950. The first-order chi connectivity index (χ1) is 14.8. The van der Waals surface area contributed by atoms with Crippen molar-refractivity contribution < 1.29 is 23.9 Å². The van der Waals surface area contributed by atoms with E-state index >= 15 is 0 Å². The second kappa shape index (κ2) is 11.7. The zero-order valence-corrected chi connectivity index (χ0v) is 18.2. The average Bonchev–Trinajstić information content (AvgIpc) is 2.76. The van der Waals surface area contributed by atoms with E-state index in [1.807, 2.05) is 13.8 Å². The Kier molecular flexibility index (Phi) is 9.02. The van der Waals surface area contributed by atoms with Gasteiger partial charge in [0.2, 0.25) is 0 Å². The predicted molar refractivity (Wildman–Crippen MR) is 117 cm³/mol. The normalized spacial score (nSPS) is 11.8. The molecule has 0 aliphatic heterocycles. The summed E-state index contributed by atoms with van der Waals surface area (Å²) in [4.78, 5) is 36.0. The van der Waals surface area contributed by atoms with Crippen LogP contribution in [0.4, 0.5) is 0 Å². The third-order valence-corrected chi connectivity index (χ3v) is 4.45. The Morgan fingerprint density at radius 2 is 1.71 bits per heavy atom. The summed E-state index contributed by atoms with van der Waals surface area (Å²) in [6.45, 7) is 3.46. The van der Waals surface area contributed by atoms with Crippen molar-refractivity contribution in [3.05, 3.63) is 64.7 Å². The minimum atomic E-state index is -0.769. The van der Waals surface area contributed by atoms with Crippen LogP contribution in [0.2, 0.25) is 5.02 Å². The van der Waals surface area contributed by atoms with Gasteiger partial charge in [-0.3, -0.25) is 9.59 Å². The molecule has 0 aliphatic carbocycles. The highest BCUT2D eigenvalue weighted by atomic mass is 35.5. The van der Waals surface area contributed by atoms with E-state index in [-0.39, 0.29) is 18.4 Å². The van der Waals surface area contributed by atoms with E-state index in [2.05, 4.69) is 20.6 Å². The van der Waals surface area contributed by atoms with Crippen molar-refractivity contribution in [3.63, 3.8) is 0 Å². The monoisotopic (exact) mass is 445 g/mol. The first-order valence-electron chi connectivity index (χ1n) is 9.49. The van der Waals surface area contributed by atoms with E-state index < -0.39 is 17.9 Å². The molecular weight excluding hydrogens is 422 g/mol. The number of hydrazone groups is 1. The van der Waals surface area contributed by atoms with Gasteiger partial charge in [-0.15, -0.1) is 0 Å². The first-order valence-corrected chi connectivity index (χ1v) is 9.87. The molecule has 0 saturated carbocycles. The topological polar surface area (TPSA) is 106 Å². The summed E-state index contributed by atoms with van der Waals surface area (Å²) in [7, 11) is 1.28. The largest absolute Gasteiger partial charge is 0.482 e. The first kappa shape index (κ1) is 23.9. The Morgan fingerprint density at radius 1 is 1.06 bits per heavy atom. The standard InChI is InChI=1S/C22H24ClN3O5/c1-14(2)20(25-21(28)16-6-8-17(23)9-7-16)22(29)26-24-12-15-4-10-18(11-5-15)31-13-19(27)30-3/h4-12,14,20H,13H2,1-3H3,(H,25,28)(H,26,29)/b24-12+. The molecule has 0 aromatic heterocycles. The van der Waals surface area contributed by atoms with E-state index in [9.17, 15) is 14.4 Å². The number of ether oxygens (including phenoxy) is 2. The number of nitrogens with one attached hydrogen (secondary N) is 2. The molecule has 2 aromatic carbocycles. The molecule has 0 bridgehead atoms. The van der Waals surface area contributed by atoms with Crippen LogP contribution in [0, 0.1) is 5.92 Å². The molecule has 2 N–H and O–H groups in total. The van der Waals surface area contributed by atoms with Crippen LogP contribution in [-0.4, -0.2) is 43.8 Å². The minimum Gasteiger partial charge on any atom is -0.482 e. The molecule has 0 spiro atoms. The fourth-order valence-electron chi connectivity index (χ4n) is 2.45. The predicted octanol–water partition coefficient (Wildman–Crippen LogP) is 2.80. The molecule has 1 unspecified atom stereocenters. The number of halogens is 1. The lowest BCUT2D eigenvalue weighted by molar-refractivity contribution is -0.142. The van der Waals surface area contributed by atoms with E-state index in [0.29, 0.717) is 21.9 Å². The van der Waals surface area contributed by atoms with Crippen LogP contribution >= 0.6 is 11.6 Å². The van der Waals surface area contributed by atoms with Gasteiger partial charge in [0.05, 0.1) is 13.3 Å². The highest BCUT2D eigenvalue weighted by Gasteiger charge is 2.24. The zero-order valence-electron chi connectivity index (χ0n) is 17.4. The SMILES string of the molecule is COC(=O)COc1ccc(/C=N/NC(=O)C(NC(=O)c2ccc(Cl)cc2)C(C)C)cc1. The lowest BCUT2D eigenvalue weighted by atomic mass is 10.0. The van der Waals surface area contributed by atoms with Crippen LogP contribution in [0.15, 0.2) is 53.6 Å². The number of carbonyl (C=O) groups is 3. The van der Waals surface area contributed by atoms with Crippen LogP contribution in [-0.2, 0) is 14.3 Å². The van der Waals surface area contributed by atoms with Gasteiger partial charge < -0.3 is 14.8 Å². The van der Waals surface area contributed by atoms with Gasteiger partial charge in [0.25, 0.3) is 11.8 Å². The van der Waals surface area contributed by atoms with Gasteiger partial charge >= 0.3 is 5.97 Å². The zero-order chi connectivity index (χ0) is 22.8. The molecule has 0 fully saturated rings. The smallest absolute Gasteiger partial charge is 0.343 e. The fraction of sp³-hybridized carbons (Fsp3) is 0.273. The molecule has 0 heterocycles. The third-order valence-electron chi connectivity index (χ3n) is 4.19. The molecule has 31 heavy (non-hydrogen) atoms. The van der Waals surface area contributed by atoms with E-state index in [0.717, 1.165) is 0 Å². The van der Waals surface area contributed by atoms with Crippen LogP contribution < -0.4 is 15.5 Å². The molecule has 2 aromatic rings. The second-order valence-electron chi connectivity index (χ2n) is 6.87. The van der Waals surface area contributed by atoms with Gasteiger partial charge in [0.15, 0.2) is 6.61 Å². The lowest BCUT2D eigenvalue weighted by Gasteiger charge is -2.20. The number of hydrogen-bond acceptors (Lipinski definition) is 6. The Labute approximate surface area is 185 Å². The van der Waals surface area contributed by atoms with Gasteiger partial charge in [-0.2, -0.15) is 5.10 Å². The molecule has 2 amide bonds. The fourth-order valence-corrected chi connectivity index (χ4v) is 2.58. The molecule has 0 saturated heterocycles. The van der Waals surface area contributed by atoms with Gasteiger partial charge in [-0.1, -0.05) is 25.4 Å². The molecule has 164 valence electrons. The van der Waals surface area contributed by atoms with Crippen LogP contribution in [0.25, 0.3) is 0 Å². The van der Waals surface area contributed by atoms with E-state index in [1.54, 1.807) is 48.5 Å². The number of amides is 2. The number of carbonyl (C=O) groups excluding carboxylic acids is 3. The van der Waals surface area contributed by atoms with Gasteiger partial charge in [-0.25, -0.2) is 10.2 Å². The van der Waals surface area contributed by atoms with Gasteiger partial charge in [0.1, 0.15) is 11.8 Å². The maximum atomic E-state index is 12.5. The number of benzene rings is 2. The van der Waals surface area contributed by atoms with Crippen molar-refractivity contribution in [2.24, 2.45) is 11.0 Å². The Bertz CT molecular complexity index is 927. The Balaban J connectivity index is 1.92. The average molecular weight is 446 g/mol. The van der Waals surface area contributed by atoms with Crippen LogP contribution in [0.3, 0.4) is 0 Å². The maximum absolute atomic E-state index is 12.5. The summed E-state index contributed by atoms with van der Waals surface area (Å²) in [5, 5.41) is 7.18. The van der Waals surface area contributed by atoms with Crippen LogP contribution in [0.1, 0.15) is 29.8 Å². The molecule has 0 radical (unpaired) electrons. The van der Waals surface area contributed by atoms with Crippen molar-refractivity contribution in [1.82, 2.24) is 10.7 Å². The molecule has 8 nitrogen and oxygen atoms in total. The minimum absolute atomic E-state index is 0.155. The second-order valence-corrected chi connectivity index (χ2v) is 7.31. The molecular formula is C22H24ClN3O5. The van der Waals surface area contributed by atoms with Crippen molar-refractivity contribution >= 4 is 35.6 Å². The quantitative estimate of drug-likeness (QED) is 0.350. The summed E-state index contributed by atoms with van der Waals surface area (Å²) in [6.07, 6.45) is 1.46. The highest BCUT2D eigenvalue weighted by molar-refractivity contribution is 6.30. The molecule has 0 aliphatic rings. The van der Waals surface area contributed by atoms with Crippen molar-refractivity contribution in [2.45, 2.75) is 19.9 Å². The van der Waals surface area contributed by atoms with Gasteiger partial charge in [0, 0.05) is 10.6 Å². The van der Waals surface area contributed by atoms with E-state index in [4.69, 9.17) is 16.3 Å². The van der Waals surface area contributed by atoms with Crippen LogP contribution in [0.5, 0.6) is 5.75 Å². The number of esters is 1. The number of methoxy groups -OCH3 is 1. The Morgan fingerprint density at radius 3 is 2.29 bits per heavy atom. The number of nitrogens with zero attached hydrogens (tertiary/aromatic N) is 1. The summed E-state index contributed by atoms with van der Waals surface area (Å²) in [5.41, 5.74) is 3.55. The Hall–Kier alpha value is -3.39. The molecule has 1 atom stereocenters. The molecule has 2 rings (SSSR count). The summed E-state index contributed by atoms with van der Waals surface area (Å²) >= 11 is 5.84. The highest BCUT2D eigenvalue weighted by Crippen LogP contribution is 2.12. The van der Waals surface area contributed by atoms with Crippen molar-refractivity contribution in [2.75, 3.05) is 13.7 Å². The number of hydrogen-bond donors (Lipinski definition) is 2. The molecule has 9 heteroatoms.